The Balaban J connectivity index is 1.92. The van der Waals surface area contributed by atoms with Crippen LogP contribution in [-0.2, 0) is 19.6 Å². The van der Waals surface area contributed by atoms with Gasteiger partial charge in [-0.25, -0.2) is 13.1 Å². The van der Waals surface area contributed by atoms with Crippen LogP contribution in [0.2, 0.25) is 0 Å². The van der Waals surface area contributed by atoms with Crippen LogP contribution in [0.15, 0.2) is 53.4 Å². The maximum atomic E-state index is 12.3. The van der Waals surface area contributed by atoms with Crippen molar-refractivity contribution in [2.75, 3.05) is 17.2 Å². The van der Waals surface area contributed by atoms with E-state index in [0.29, 0.717) is 17.3 Å². The van der Waals surface area contributed by atoms with E-state index in [1.54, 1.807) is 36.4 Å². The lowest BCUT2D eigenvalue weighted by Gasteiger charge is -2.10. The van der Waals surface area contributed by atoms with E-state index in [2.05, 4.69) is 15.4 Å². The molecule has 2 aromatic carbocycles. The summed E-state index contributed by atoms with van der Waals surface area (Å²) < 4.78 is 26.9. The smallest absolute Gasteiger partial charge is 0.241 e. The van der Waals surface area contributed by atoms with Gasteiger partial charge in [-0.1, -0.05) is 26.0 Å². The van der Waals surface area contributed by atoms with Gasteiger partial charge in [-0.3, -0.25) is 9.59 Å². The topological polar surface area (TPSA) is 104 Å². The quantitative estimate of drug-likeness (QED) is 0.677. The van der Waals surface area contributed by atoms with Crippen LogP contribution in [0, 0.1) is 0 Å². The molecule has 2 amide bonds. The second-order valence-corrected chi connectivity index (χ2v) is 8.12. The fourth-order valence-corrected chi connectivity index (χ4v) is 3.30. The van der Waals surface area contributed by atoms with Crippen LogP contribution < -0.4 is 15.4 Å². The summed E-state index contributed by atoms with van der Waals surface area (Å²) in [5, 5.41) is 5.21. The number of carbonyl (C=O) groups excluding carboxylic acids is 2. The van der Waals surface area contributed by atoms with Crippen molar-refractivity contribution >= 4 is 33.2 Å². The van der Waals surface area contributed by atoms with Crippen LogP contribution in [0.3, 0.4) is 0 Å². The van der Waals surface area contributed by atoms with Crippen molar-refractivity contribution in [1.82, 2.24) is 4.72 Å². The first-order chi connectivity index (χ1) is 12.7. The summed E-state index contributed by atoms with van der Waals surface area (Å²) in [6.07, 6.45) is 0. The van der Waals surface area contributed by atoms with Crippen LogP contribution in [0.4, 0.5) is 11.4 Å². The third kappa shape index (κ3) is 6.19. The van der Waals surface area contributed by atoms with Crippen molar-refractivity contribution < 1.29 is 18.0 Å². The summed E-state index contributed by atoms with van der Waals surface area (Å²) in [6, 6.07) is 13.1. The predicted octanol–water partition coefficient (Wildman–Crippen LogP) is 2.69. The maximum absolute atomic E-state index is 12.3. The molecule has 0 unspecified atom stereocenters. The largest absolute Gasteiger partial charge is 0.326 e. The minimum Gasteiger partial charge on any atom is -0.326 e. The Morgan fingerprint density at radius 2 is 1.41 bits per heavy atom. The molecule has 3 N–H and O–H groups in total. The fourth-order valence-electron chi connectivity index (χ4n) is 2.32. The van der Waals surface area contributed by atoms with E-state index in [9.17, 15) is 18.0 Å². The first-order valence-electron chi connectivity index (χ1n) is 8.44. The molecule has 8 heteroatoms. The Bertz CT molecular complexity index is 905. The second-order valence-electron chi connectivity index (χ2n) is 6.36. The Kier molecular flexibility index (Phi) is 6.70. The zero-order chi connectivity index (χ0) is 20.0. The first-order valence-corrected chi connectivity index (χ1v) is 9.93. The fraction of sp³-hybridized carbons (Fsp3) is 0.263. The highest BCUT2D eigenvalue weighted by atomic mass is 32.2. The second kappa shape index (κ2) is 8.79. The summed E-state index contributed by atoms with van der Waals surface area (Å²) in [5.41, 5.74) is 2.13. The standard InChI is InChI=1S/C19H23N3O4S/c1-13(2)15-4-10-18(11-5-15)27(25,26)20-12-19(24)22-17-8-6-16(7-9-17)21-14(3)23/h4-11,13,20H,12H2,1-3H3,(H,21,23)(H,22,24). The SMILES string of the molecule is CC(=O)Nc1ccc(NC(=O)CNS(=O)(=O)c2ccc(C(C)C)cc2)cc1. The number of hydrogen-bond acceptors (Lipinski definition) is 4. The third-order valence-corrected chi connectivity index (χ3v) is 5.19. The van der Waals surface area contributed by atoms with Gasteiger partial charge in [0.25, 0.3) is 0 Å². The Morgan fingerprint density at radius 1 is 0.889 bits per heavy atom. The molecule has 0 heterocycles. The van der Waals surface area contributed by atoms with Gasteiger partial charge < -0.3 is 10.6 Å². The number of sulfonamides is 1. The van der Waals surface area contributed by atoms with E-state index in [-0.39, 0.29) is 17.3 Å². The molecule has 0 atom stereocenters. The molecule has 0 fully saturated rings. The van der Waals surface area contributed by atoms with E-state index >= 15 is 0 Å². The van der Waals surface area contributed by atoms with Gasteiger partial charge in [-0.2, -0.15) is 0 Å². The summed E-state index contributed by atoms with van der Waals surface area (Å²) >= 11 is 0. The van der Waals surface area contributed by atoms with Gasteiger partial charge in [0.05, 0.1) is 11.4 Å². The van der Waals surface area contributed by atoms with Crippen molar-refractivity contribution in [2.24, 2.45) is 0 Å². The van der Waals surface area contributed by atoms with E-state index in [4.69, 9.17) is 0 Å². The molecule has 0 saturated carbocycles. The van der Waals surface area contributed by atoms with Crippen LogP contribution >= 0.6 is 0 Å². The molecule has 0 aliphatic carbocycles. The molecule has 0 bridgehead atoms. The van der Waals surface area contributed by atoms with Crippen molar-refractivity contribution in [3.8, 4) is 0 Å². The van der Waals surface area contributed by atoms with Gasteiger partial charge in [-0.05, 0) is 47.9 Å². The summed E-state index contributed by atoms with van der Waals surface area (Å²) in [4.78, 5) is 23.1. The van der Waals surface area contributed by atoms with Crippen LogP contribution in [0.25, 0.3) is 0 Å². The number of rotatable bonds is 7. The van der Waals surface area contributed by atoms with Crippen LogP contribution in [-0.4, -0.2) is 26.8 Å². The number of carbonyl (C=O) groups is 2. The minimum atomic E-state index is -3.77. The average Bonchev–Trinajstić information content (AvgIpc) is 2.61. The number of nitrogens with one attached hydrogen (secondary N) is 3. The minimum absolute atomic E-state index is 0.111. The molecule has 2 rings (SSSR count). The van der Waals surface area contributed by atoms with E-state index in [0.717, 1.165) is 5.56 Å². The summed E-state index contributed by atoms with van der Waals surface area (Å²) in [5.74, 6) is -0.384. The molecule has 0 saturated heterocycles. The molecule has 0 radical (unpaired) electrons. The predicted molar refractivity (Wildman–Crippen MR) is 105 cm³/mol. The lowest BCUT2D eigenvalue weighted by molar-refractivity contribution is -0.115. The molecule has 0 spiro atoms. The van der Waals surface area contributed by atoms with E-state index in [1.165, 1.54) is 19.1 Å². The van der Waals surface area contributed by atoms with Crippen molar-refractivity contribution in [2.45, 2.75) is 31.6 Å². The normalized spacial score (nSPS) is 11.3. The van der Waals surface area contributed by atoms with Crippen molar-refractivity contribution in [3.63, 3.8) is 0 Å². The summed E-state index contributed by atoms with van der Waals surface area (Å²) in [7, 11) is -3.77. The Labute approximate surface area is 159 Å². The van der Waals surface area contributed by atoms with Crippen LogP contribution in [0.5, 0.6) is 0 Å². The van der Waals surface area contributed by atoms with Gasteiger partial charge in [-0.15, -0.1) is 0 Å². The molecular formula is C19H23N3O4S. The first kappa shape index (κ1) is 20.6. The number of hydrogen-bond donors (Lipinski definition) is 3. The van der Waals surface area contributed by atoms with E-state index in [1.807, 2.05) is 13.8 Å². The Morgan fingerprint density at radius 3 is 1.89 bits per heavy atom. The highest BCUT2D eigenvalue weighted by Gasteiger charge is 2.16. The molecule has 144 valence electrons. The average molecular weight is 389 g/mol. The van der Waals surface area contributed by atoms with Crippen molar-refractivity contribution in [3.05, 3.63) is 54.1 Å². The highest BCUT2D eigenvalue weighted by molar-refractivity contribution is 7.89. The molecule has 0 aliphatic heterocycles. The van der Waals surface area contributed by atoms with Crippen LogP contribution in [0.1, 0.15) is 32.3 Å². The monoisotopic (exact) mass is 389 g/mol. The molecule has 2 aromatic rings. The highest BCUT2D eigenvalue weighted by Crippen LogP contribution is 2.17. The lowest BCUT2D eigenvalue weighted by Crippen LogP contribution is -2.32. The molecule has 7 nitrogen and oxygen atoms in total. The molecule has 27 heavy (non-hydrogen) atoms. The van der Waals surface area contributed by atoms with Crippen molar-refractivity contribution in [1.29, 1.82) is 0 Å². The van der Waals surface area contributed by atoms with Gasteiger partial charge in [0.1, 0.15) is 0 Å². The van der Waals surface area contributed by atoms with Gasteiger partial charge >= 0.3 is 0 Å². The zero-order valence-electron chi connectivity index (χ0n) is 15.4. The number of anilines is 2. The zero-order valence-corrected chi connectivity index (χ0v) is 16.3. The number of benzene rings is 2. The summed E-state index contributed by atoms with van der Waals surface area (Å²) in [6.45, 7) is 5.06. The van der Waals surface area contributed by atoms with Gasteiger partial charge in [0, 0.05) is 18.3 Å². The van der Waals surface area contributed by atoms with Gasteiger partial charge in [0.15, 0.2) is 0 Å². The maximum Gasteiger partial charge on any atom is 0.241 e. The Hall–Kier alpha value is -2.71. The number of amides is 2. The molecule has 0 aromatic heterocycles. The third-order valence-electron chi connectivity index (χ3n) is 3.77. The van der Waals surface area contributed by atoms with Gasteiger partial charge in [0.2, 0.25) is 21.8 Å². The van der Waals surface area contributed by atoms with E-state index < -0.39 is 15.9 Å². The molecule has 0 aliphatic rings. The molecular weight excluding hydrogens is 366 g/mol. The lowest BCUT2D eigenvalue weighted by atomic mass is 10.0.